The minimum atomic E-state index is 0.380. The summed E-state index contributed by atoms with van der Waals surface area (Å²) in [6, 6.07) is 9.06. The zero-order valence-electron chi connectivity index (χ0n) is 10.3. The number of hydrogen-bond acceptors (Lipinski definition) is 5. The van der Waals surface area contributed by atoms with Gasteiger partial charge in [-0.1, -0.05) is 0 Å². The molecule has 1 aromatic heterocycles. The van der Waals surface area contributed by atoms with Crippen LogP contribution in [0.15, 0.2) is 30.3 Å². The number of rotatable bonds is 3. The van der Waals surface area contributed by atoms with Crippen LogP contribution in [0.25, 0.3) is 11.1 Å². The first kappa shape index (κ1) is 12.0. The molecule has 5 nitrogen and oxygen atoms in total. The van der Waals surface area contributed by atoms with Crippen molar-refractivity contribution in [3.63, 3.8) is 0 Å². The Morgan fingerprint density at radius 2 is 1.56 bits per heavy atom. The second-order valence-corrected chi connectivity index (χ2v) is 3.77. The third-order valence-electron chi connectivity index (χ3n) is 2.61. The van der Waals surface area contributed by atoms with Crippen molar-refractivity contribution in [2.45, 2.75) is 0 Å². The summed E-state index contributed by atoms with van der Waals surface area (Å²) in [4.78, 5) is 4.03. The van der Waals surface area contributed by atoms with Gasteiger partial charge in [0, 0.05) is 11.6 Å². The Hall–Kier alpha value is -2.43. The lowest BCUT2D eigenvalue weighted by molar-refractivity contribution is 0.394. The molecule has 0 aliphatic rings. The second-order valence-electron chi connectivity index (χ2n) is 3.77. The fraction of sp³-hybridized carbons (Fsp3) is 0.154. The number of hydrogen-bond donors (Lipinski definition) is 2. The first-order chi connectivity index (χ1) is 8.63. The van der Waals surface area contributed by atoms with Gasteiger partial charge in [-0.15, -0.1) is 0 Å². The molecule has 0 amide bonds. The molecule has 0 saturated heterocycles. The van der Waals surface area contributed by atoms with E-state index in [1.165, 1.54) is 0 Å². The fourth-order valence-corrected chi connectivity index (χ4v) is 1.70. The van der Waals surface area contributed by atoms with E-state index in [-0.39, 0.29) is 0 Å². The summed E-state index contributed by atoms with van der Waals surface area (Å²) in [6.07, 6.45) is 0. The summed E-state index contributed by atoms with van der Waals surface area (Å²) in [7, 11) is 3.20. The van der Waals surface area contributed by atoms with Crippen molar-refractivity contribution in [2.75, 3.05) is 25.7 Å². The van der Waals surface area contributed by atoms with Gasteiger partial charge in [0.1, 0.15) is 23.1 Å². The van der Waals surface area contributed by atoms with Gasteiger partial charge in [0.05, 0.1) is 14.2 Å². The number of ether oxygens (including phenoxy) is 2. The number of methoxy groups -OCH3 is 2. The molecule has 2 aromatic rings. The van der Waals surface area contributed by atoms with Crippen LogP contribution in [-0.2, 0) is 0 Å². The van der Waals surface area contributed by atoms with Crippen molar-refractivity contribution in [1.82, 2.24) is 4.98 Å². The smallest absolute Gasteiger partial charge is 0.133 e. The molecule has 0 fully saturated rings. The predicted octanol–water partition coefficient (Wildman–Crippen LogP) is 1.93. The lowest BCUT2D eigenvalue weighted by Gasteiger charge is -2.10. The molecule has 94 valence electrons. The average Bonchev–Trinajstić information content (AvgIpc) is 2.38. The van der Waals surface area contributed by atoms with Gasteiger partial charge in [-0.25, -0.2) is 4.98 Å². The molecule has 0 saturated carbocycles. The van der Waals surface area contributed by atoms with Crippen LogP contribution < -0.4 is 20.9 Å². The highest BCUT2D eigenvalue weighted by molar-refractivity contribution is 5.76. The summed E-state index contributed by atoms with van der Waals surface area (Å²) in [6.45, 7) is 0. The highest BCUT2D eigenvalue weighted by atomic mass is 16.5. The molecule has 1 aromatic carbocycles. The molecule has 0 unspecified atom stereocenters. The van der Waals surface area contributed by atoms with Crippen LogP contribution in [0.4, 0.5) is 11.6 Å². The van der Waals surface area contributed by atoms with Crippen LogP contribution in [-0.4, -0.2) is 19.2 Å². The quantitative estimate of drug-likeness (QED) is 0.863. The molecule has 0 bridgehead atoms. The highest BCUT2D eigenvalue weighted by Gasteiger charge is 2.08. The fourth-order valence-electron chi connectivity index (χ4n) is 1.70. The van der Waals surface area contributed by atoms with Crippen molar-refractivity contribution in [3.05, 3.63) is 30.3 Å². The Labute approximate surface area is 105 Å². The SMILES string of the molecule is COc1cc(OC)cc(-c2ccc(N)nc2N)c1. The topological polar surface area (TPSA) is 83.4 Å². The number of benzene rings is 1. The van der Waals surface area contributed by atoms with Gasteiger partial charge in [-0.2, -0.15) is 0 Å². The molecule has 0 aliphatic heterocycles. The standard InChI is InChI=1S/C13H15N3O2/c1-17-9-5-8(6-10(7-9)18-2)11-3-4-12(14)16-13(11)15/h3-7H,1-2H3,(H4,14,15,16). The van der Waals surface area contributed by atoms with Crippen LogP contribution in [0.1, 0.15) is 0 Å². The second kappa shape index (κ2) is 4.83. The minimum absolute atomic E-state index is 0.380. The average molecular weight is 245 g/mol. The Bertz CT molecular complexity index is 548. The van der Waals surface area contributed by atoms with Gasteiger partial charge in [-0.3, -0.25) is 0 Å². The van der Waals surface area contributed by atoms with Crippen LogP contribution >= 0.6 is 0 Å². The molecular weight excluding hydrogens is 230 g/mol. The summed E-state index contributed by atoms with van der Waals surface area (Å²) in [5.74, 6) is 2.16. The lowest BCUT2D eigenvalue weighted by Crippen LogP contribution is -1.98. The summed E-state index contributed by atoms with van der Waals surface area (Å²) in [5.41, 5.74) is 13.1. The van der Waals surface area contributed by atoms with Crippen molar-refractivity contribution in [1.29, 1.82) is 0 Å². The van der Waals surface area contributed by atoms with E-state index in [0.717, 1.165) is 11.1 Å². The first-order valence-electron chi connectivity index (χ1n) is 5.39. The summed E-state index contributed by atoms with van der Waals surface area (Å²) >= 11 is 0. The molecule has 1 heterocycles. The van der Waals surface area contributed by atoms with E-state index in [2.05, 4.69) is 4.98 Å². The summed E-state index contributed by atoms with van der Waals surface area (Å²) < 4.78 is 10.4. The molecule has 0 atom stereocenters. The van der Waals surface area contributed by atoms with E-state index in [4.69, 9.17) is 20.9 Å². The molecule has 18 heavy (non-hydrogen) atoms. The van der Waals surface area contributed by atoms with Gasteiger partial charge in [0.15, 0.2) is 0 Å². The van der Waals surface area contributed by atoms with E-state index in [0.29, 0.717) is 23.1 Å². The molecule has 5 heteroatoms. The van der Waals surface area contributed by atoms with Gasteiger partial charge in [-0.05, 0) is 29.8 Å². The number of nitrogens with two attached hydrogens (primary N) is 2. The molecule has 2 rings (SSSR count). The largest absolute Gasteiger partial charge is 0.497 e. The Morgan fingerprint density at radius 1 is 0.944 bits per heavy atom. The predicted molar refractivity (Wildman–Crippen MR) is 71.6 cm³/mol. The van der Waals surface area contributed by atoms with E-state index < -0.39 is 0 Å². The van der Waals surface area contributed by atoms with Gasteiger partial charge < -0.3 is 20.9 Å². The van der Waals surface area contributed by atoms with Crippen molar-refractivity contribution < 1.29 is 9.47 Å². The van der Waals surface area contributed by atoms with Crippen molar-refractivity contribution in [3.8, 4) is 22.6 Å². The Kier molecular flexibility index (Phi) is 3.23. The van der Waals surface area contributed by atoms with Crippen LogP contribution in [0, 0.1) is 0 Å². The van der Waals surface area contributed by atoms with Crippen LogP contribution in [0.5, 0.6) is 11.5 Å². The monoisotopic (exact) mass is 245 g/mol. The molecule has 0 spiro atoms. The van der Waals surface area contributed by atoms with E-state index >= 15 is 0 Å². The number of aromatic nitrogens is 1. The molecule has 0 aliphatic carbocycles. The molecular formula is C13H15N3O2. The molecule has 0 radical (unpaired) electrons. The normalized spacial score (nSPS) is 10.1. The lowest BCUT2D eigenvalue weighted by atomic mass is 10.1. The highest BCUT2D eigenvalue weighted by Crippen LogP contribution is 2.32. The number of nitrogen functional groups attached to an aromatic ring is 2. The van der Waals surface area contributed by atoms with Gasteiger partial charge >= 0.3 is 0 Å². The van der Waals surface area contributed by atoms with Crippen LogP contribution in [0.2, 0.25) is 0 Å². The summed E-state index contributed by atoms with van der Waals surface area (Å²) in [5, 5.41) is 0. The van der Waals surface area contributed by atoms with E-state index in [1.807, 2.05) is 18.2 Å². The van der Waals surface area contributed by atoms with E-state index in [9.17, 15) is 0 Å². The van der Waals surface area contributed by atoms with Gasteiger partial charge in [0.25, 0.3) is 0 Å². The maximum atomic E-state index is 5.86. The zero-order chi connectivity index (χ0) is 13.1. The first-order valence-corrected chi connectivity index (χ1v) is 5.39. The zero-order valence-corrected chi connectivity index (χ0v) is 10.3. The third-order valence-corrected chi connectivity index (χ3v) is 2.61. The molecule has 4 N–H and O–H groups in total. The third kappa shape index (κ3) is 2.29. The Balaban J connectivity index is 2.55. The maximum Gasteiger partial charge on any atom is 0.133 e. The number of nitrogens with zero attached hydrogens (tertiary/aromatic N) is 1. The minimum Gasteiger partial charge on any atom is -0.497 e. The van der Waals surface area contributed by atoms with E-state index in [1.54, 1.807) is 26.4 Å². The Morgan fingerprint density at radius 3 is 2.06 bits per heavy atom. The van der Waals surface area contributed by atoms with Crippen molar-refractivity contribution in [2.24, 2.45) is 0 Å². The number of pyridine rings is 1. The maximum absolute atomic E-state index is 5.86. The van der Waals surface area contributed by atoms with Crippen molar-refractivity contribution >= 4 is 11.6 Å². The number of anilines is 2. The van der Waals surface area contributed by atoms with Crippen LogP contribution in [0.3, 0.4) is 0 Å². The van der Waals surface area contributed by atoms with Gasteiger partial charge in [0.2, 0.25) is 0 Å².